The Kier molecular flexibility index (Phi) is 10.6. The number of methoxy groups -OCH3 is 4. The van der Waals surface area contributed by atoms with Crippen molar-refractivity contribution < 1.29 is 28.5 Å². The van der Waals surface area contributed by atoms with Crippen LogP contribution in [0.5, 0.6) is 23.0 Å². The first-order valence-electron chi connectivity index (χ1n) is 12.2. The summed E-state index contributed by atoms with van der Waals surface area (Å²) in [6, 6.07) is 19.3. The molecule has 3 aromatic rings. The Labute approximate surface area is 228 Å². The minimum absolute atomic E-state index is 0.00240. The second-order valence-corrected chi connectivity index (χ2v) is 8.55. The van der Waals surface area contributed by atoms with Crippen molar-refractivity contribution in [1.82, 2.24) is 10.6 Å². The van der Waals surface area contributed by atoms with E-state index in [-0.39, 0.29) is 24.8 Å². The van der Waals surface area contributed by atoms with E-state index in [9.17, 15) is 9.59 Å². The third kappa shape index (κ3) is 8.39. The maximum atomic E-state index is 13.2. The molecule has 1 atom stereocenters. The fourth-order valence-electron chi connectivity index (χ4n) is 3.91. The number of guanidine groups is 1. The van der Waals surface area contributed by atoms with E-state index in [0.717, 1.165) is 11.1 Å². The van der Waals surface area contributed by atoms with Gasteiger partial charge in [-0.3, -0.25) is 9.59 Å². The van der Waals surface area contributed by atoms with Crippen LogP contribution in [0.3, 0.4) is 0 Å². The van der Waals surface area contributed by atoms with Gasteiger partial charge < -0.3 is 35.3 Å². The van der Waals surface area contributed by atoms with Gasteiger partial charge in [0.05, 0.1) is 34.9 Å². The fraction of sp³-hybridized carbons (Fsp3) is 0.276. The summed E-state index contributed by atoms with van der Waals surface area (Å²) in [5.74, 6) is 1.29. The highest BCUT2D eigenvalue weighted by atomic mass is 16.5. The topological polar surface area (TPSA) is 134 Å². The fourth-order valence-corrected chi connectivity index (χ4v) is 3.91. The summed E-state index contributed by atoms with van der Waals surface area (Å²) in [4.78, 5) is 29.8. The molecule has 2 amide bonds. The summed E-state index contributed by atoms with van der Waals surface area (Å²) >= 11 is 0. The predicted molar refractivity (Wildman–Crippen MR) is 148 cm³/mol. The molecular formula is C29H34N4O6. The Morgan fingerprint density at radius 3 is 1.92 bits per heavy atom. The number of ether oxygens (including phenoxy) is 4. The maximum Gasteiger partial charge on any atom is 0.253 e. The van der Waals surface area contributed by atoms with Crippen molar-refractivity contribution >= 4 is 17.8 Å². The Bertz CT molecular complexity index is 1300. The van der Waals surface area contributed by atoms with Gasteiger partial charge in [0.15, 0.2) is 29.0 Å². The average molecular weight is 535 g/mol. The van der Waals surface area contributed by atoms with Crippen LogP contribution in [0.1, 0.15) is 16.7 Å². The van der Waals surface area contributed by atoms with Crippen molar-refractivity contribution in [1.29, 1.82) is 0 Å². The molecule has 0 aromatic heterocycles. The van der Waals surface area contributed by atoms with Gasteiger partial charge in [0.25, 0.3) is 5.91 Å². The summed E-state index contributed by atoms with van der Waals surface area (Å²) in [6.07, 6.45) is 0.330. The van der Waals surface area contributed by atoms with Crippen LogP contribution in [0.25, 0.3) is 0 Å². The van der Waals surface area contributed by atoms with E-state index in [1.165, 1.54) is 14.2 Å². The van der Waals surface area contributed by atoms with Gasteiger partial charge in [0, 0.05) is 13.0 Å². The van der Waals surface area contributed by atoms with Crippen LogP contribution in [0.4, 0.5) is 0 Å². The number of nitrogens with zero attached hydrogens (tertiary/aromatic N) is 1. The monoisotopic (exact) mass is 534 g/mol. The van der Waals surface area contributed by atoms with Crippen LogP contribution in [0.2, 0.25) is 0 Å². The lowest BCUT2D eigenvalue weighted by Crippen LogP contribution is -2.50. The number of benzene rings is 3. The van der Waals surface area contributed by atoms with Crippen molar-refractivity contribution in [3.05, 3.63) is 83.4 Å². The molecule has 0 aliphatic rings. The predicted octanol–water partition coefficient (Wildman–Crippen LogP) is 2.62. The SMILES string of the molecule is COc1ccc(CNC(=O)C(Cc2ccccc2)NC(N)=NC(=O)Cc2ccc(OC)c(OC)c2)cc1OC. The zero-order valence-electron chi connectivity index (χ0n) is 22.5. The number of nitrogens with two attached hydrogens (primary N) is 1. The van der Waals surface area contributed by atoms with Crippen LogP contribution in [-0.2, 0) is 29.0 Å². The molecule has 0 saturated carbocycles. The highest BCUT2D eigenvalue weighted by molar-refractivity contribution is 5.95. The van der Waals surface area contributed by atoms with Gasteiger partial charge in [-0.1, -0.05) is 42.5 Å². The molecule has 0 saturated heterocycles. The normalized spacial score (nSPS) is 11.7. The molecule has 206 valence electrons. The minimum atomic E-state index is -0.773. The second-order valence-electron chi connectivity index (χ2n) is 8.55. The summed E-state index contributed by atoms with van der Waals surface area (Å²) in [5, 5.41) is 5.82. The highest BCUT2D eigenvalue weighted by Gasteiger charge is 2.20. The number of rotatable bonds is 12. The Hall–Kier alpha value is -4.73. The van der Waals surface area contributed by atoms with Gasteiger partial charge in [-0.15, -0.1) is 0 Å². The van der Waals surface area contributed by atoms with Gasteiger partial charge >= 0.3 is 0 Å². The molecule has 3 rings (SSSR count). The quantitative estimate of drug-likeness (QED) is 0.239. The molecule has 39 heavy (non-hydrogen) atoms. The number of carbonyl (C=O) groups is 2. The third-order valence-electron chi connectivity index (χ3n) is 5.88. The molecule has 0 aliphatic heterocycles. The Morgan fingerprint density at radius 2 is 1.33 bits per heavy atom. The number of hydrogen-bond acceptors (Lipinski definition) is 6. The molecule has 10 nitrogen and oxygen atoms in total. The van der Waals surface area contributed by atoms with Gasteiger partial charge in [0.2, 0.25) is 5.91 Å². The maximum absolute atomic E-state index is 13.2. The van der Waals surface area contributed by atoms with Gasteiger partial charge in [0.1, 0.15) is 6.04 Å². The first kappa shape index (κ1) is 28.8. The zero-order chi connectivity index (χ0) is 28.2. The summed E-state index contributed by atoms with van der Waals surface area (Å²) in [6.45, 7) is 0.251. The van der Waals surface area contributed by atoms with Crippen molar-refractivity contribution in [3.8, 4) is 23.0 Å². The minimum Gasteiger partial charge on any atom is -0.493 e. The Balaban J connectivity index is 1.70. The van der Waals surface area contributed by atoms with Crippen LogP contribution < -0.4 is 35.3 Å². The molecule has 0 aliphatic carbocycles. The lowest BCUT2D eigenvalue weighted by atomic mass is 10.1. The summed E-state index contributed by atoms with van der Waals surface area (Å²) < 4.78 is 21.1. The number of nitrogens with one attached hydrogen (secondary N) is 2. The molecule has 3 aromatic carbocycles. The number of carbonyl (C=O) groups excluding carboxylic acids is 2. The van der Waals surface area contributed by atoms with E-state index in [4.69, 9.17) is 24.7 Å². The standard InChI is InChI=1S/C29H34N4O6/c1-36-23-12-10-20(15-25(23)38-3)17-27(34)33-29(30)32-22(14-19-8-6-5-7-9-19)28(35)31-18-21-11-13-24(37-2)26(16-21)39-4/h5-13,15-16,22H,14,17-18H2,1-4H3,(H,31,35)(H3,30,32,33,34). The van der Waals surface area contributed by atoms with Gasteiger partial charge in [-0.05, 0) is 41.0 Å². The van der Waals surface area contributed by atoms with Gasteiger partial charge in [-0.2, -0.15) is 4.99 Å². The molecule has 4 N–H and O–H groups in total. The smallest absolute Gasteiger partial charge is 0.253 e. The van der Waals surface area contributed by atoms with E-state index in [0.29, 0.717) is 35.0 Å². The second kappa shape index (κ2) is 14.3. The van der Waals surface area contributed by atoms with Crippen LogP contribution >= 0.6 is 0 Å². The molecule has 10 heteroatoms. The lowest BCUT2D eigenvalue weighted by Gasteiger charge is -2.19. The average Bonchev–Trinajstić information content (AvgIpc) is 2.95. The molecule has 0 fully saturated rings. The van der Waals surface area contributed by atoms with E-state index in [2.05, 4.69) is 15.6 Å². The molecule has 1 unspecified atom stereocenters. The number of aliphatic imine (C=N–C) groups is 1. The Morgan fingerprint density at radius 1 is 0.769 bits per heavy atom. The molecular weight excluding hydrogens is 500 g/mol. The highest BCUT2D eigenvalue weighted by Crippen LogP contribution is 2.28. The van der Waals surface area contributed by atoms with Crippen molar-refractivity contribution in [3.63, 3.8) is 0 Å². The van der Waals surface area contributed by atoms with E-state index >= 15 is 0 Å². The van der Waals surface area contributed by atoms with Crippen LogP contribution in [0.15, 0.2) is 71.7 Å². The largest absolute Gasteiger partial charge is 0.493 e. The number of hydrogen-bond donors (Lipinski definition) is 3. The summed E-state index contributed by atoms with van der Waals surface area (Å²) in [5.41, 5.74) is 8.49. The molecule has 0 bridgehead atoms. The lowest BCUT2D eigenvalue weighted by molar-refractivity contribution is -0.123. The molecule has 0 radical (unpaired) electrons. The van der Waals surface area contributed by atoms with Gasteiger partial charge in [-0.25, -0.2) is 0 Å². The van der Waals surface area contributed by atoms with Crippen molar-refractivity contribution in [2.45, 2.75) is 25.4 Å². The number of amides is 2. The summed E-state index contributed by atoms with van der Waals surface area (Å²) in [7, 11) is 6.17. The van der Waals surface area contributed by atoms with E-state index in [1.54, 1.807) is 44.6 Å². The van der Waals surface area contributed by atoms with E-state index < -0.39 is 11.9 Å². The van der Waals surface area contributed by atoms with E-state index in [1.807, 2.05) is 36.4 Å². The first-order chi connectivity index (χ1) is 18.9. The van der Waals surface area contributed by atoms with Crippen molar-refractivity contribution in [2.75, 3.05) is 28.4 Å². The molecule has 0 heterocycles. The zero-order valence-corrected chi connectivity index (χ0v) is 22.5. The first-order valence-corrected chi connectivity index (χ1v) is 12.2. The third-order valence-corrected chi connectivity index (χ3v) is 5.88. The van der Waals surface area contributed by atoms with Crippen molar-refractivity contribution in [2.24, 2.45) is 10.7 Å². The molecule has 0 spiro atoms. The van der Waals surface area contributed by atoms with Crippen LogP contribution in [-0.4, -0.2) is 52.3 Å². The van der Waals surface area contributed by atoms with Crippen LogP contribution in [0, 0.1) is 0 Å².